The van der Waals surface area contributed by atoms with E-state index in [1.807, 2.05) is 50.2 Å². The monoisotopic (exact) mass is 493 g/mol. The molecule has 0 aromatic heterocycles. The standard InChI is InChI=1S/C30H39NO5/c1-8-9-10-17-31-26(20-11-14-22(15-12-20)36-19(2)3)25(28(33)29(31)34)27(32)23-18-21(30(4,5)6)13-16-24(23)35-7/h11-16,18-19,26,32H,8-10,17H2,1-7H3/b27-25+. The molecule has 1 aliphatic rings. The van der Waals surface area contributed by atoms with Gasteiger partial charge in [-0.15, -0.1) is 0 Å². The summed E-state index contributed by atoms with van der Waals surface area (Å²) in [6.45, 7) is 12.7. The minimum atomic E-state index is -0.696. The Morgan fingerprint density at radius 3 is 2.28 bits per heavy atom. The number of amides is 1. The van der Waals surface area contributed by atoms with Crippen molar-refractivity contribution in [3.05, 3.63) is 64.7 Å². The predicted octanol–water partition coefficient (Wildman–Crippen LogP) is 6.39. The summed E-state index contributed by atoms with van der Waals surface area (Å²) in [5, 5.41) is 11.6. The molecule has 1 N–H and O–H groups in total. The lowest BCUT2D eigenvalue weighted by molar-refractivity contribution is -0.139. The van der Waals surface area contributed by atoms with E-state index >= 15 is 0 Å². The lowest BCUT2D eigenvalue weighted by atomic mass is 9.85. The first kappa shape index (κ1) is 27.3. The molecule has 2 aromatic rings. The maximum absolute atomic E-state index is 13.4. The van der Waals surface area contributed by atoms with Crippen molar-refractivity contribution in [3.8, 4) is 11.5 Å². The summed E-state index contributed by atoms with van der Waals surface area (Å²) < 4.78 is 11.3. The third-order valence-corrected chi connectivity index (χ3v) is 6.43. The summed E-state index contributed by atoms with van der Waals surface area (Å²) in [6, 6.07) is 12.3. The molecule has 0 radical (unpaired) electrons. The summed E-state index contributed by atoms with van der Waals surface area (Å²) in [4.78, 5) is 28.1. The van der Waals surface area contributed by atoms with Gasteiger partial charge in [0.1, 0.15) is 17.3 Å². The molecule has 1 atom stereocenters. The van der Waals surface area contributed by atoms with Gasteiger partial charge in [-0.2, -0.15) is 0 Å². The van der Waals surface area contributed by atoms with Gasteiger partial charge in [-0.3, -0.25) is 9.59 Å². The average Bonchev–Trinajstić information content (AvgIpc) is 3.08. The van der Waals surface area contributed by atoms with Gasteiger partial charge >= 0.3 is 0 Å². The lowest BCUT2D eigenvalue weighted by Crippen LogP contribution is -2.30. The van der Waals surface area contributed by atoms with E-state index in [2.05, 4.69) is 27.7 Å². The van der Waals surface area contributed by atoms with E-state index in [9.17, 15) is 14.7 Å². The third kappa shape index (κ3) is 5.75. The molecular weight excluding hydrogens is 454 g/mol. The number of ether oxygens (including phenoxy) is 2. The van der Waals surface area contributed by atoms with Gasteiger partial charge in [-0.1, -0.05) is 58.7 Å². The molecular formula is C30H39NO5. The van der Waals surface area contributed by atoms with E-state index in [0.29, 0.717) is 23.6 Å². The fourth-order valence-corrected chi connectivity index (χ4v) is 4.49. The highest BCUT2D eigenvalue weighted by molar-refractivity contribution is 6.46. The third-order valence-electron chi connectivity index (χ3n) is 6.43. The summed E-state index contributed by atoms with van der Waals surface area (Å²) >= 11 is 0. The van der Waals surface area contributed by atoms with Crippen LogP contribution in [0.3, 0.4) is 0 Å². The van der Waals surface area contributed by atoms with Crippen LogP contribution in [0, 0.1) is 0 Å². The Kier molecular flexibility index (Phi) is 8.49. The molecule has 3 rings (SSSR count). The number of benzene rings is 2. The number of Topliss-reactive ketones (excluding diaryl/α,β-unsaturated/α-hetero) is 1. The number of methoxy groups -OCH3 is 1. The first-order valence-electron chi connectivity index (χ1n) is 12.7. The minimum absolute atomic E-state index is 0.0260. The van der Waals surface area contributed by atoms with Crippen molar-refractivity contribution in [2.45, 2.75) is 78.4 Å². The number of nitrogens with zero attached hydrogens (tertiary/aromatic N) is 1. The normalized spacial score (nSPS) is 17.7. The van der Waals surface area contributed by atoms with Crippen molar-refractivity contribution in [2.75, 3.05) is 13.7 Å². The number of aliphatic hydroxyl groups is 1. The van der Waals surface area contributed by atoms with Gasteiger partial charge in [-0.05, 0) is 61.1 Å². The van der Waals surface area contributed by atoms with Crippen molar-refractivity contribution in [3.63, 3.8) is 0 Å². The van der Waals surface area contributed by atoms with Crippen molar-refractivity contribution in [1.29, 1.82) is 0 Å². The van der Waals surface area contributed by atoms with E-state index in [1.165, 1.54) is 7.11 Å². The zero-order valence-electron chi connectivity index (χ0n) is 22.6. The molecule has 2 aromatic carbocycles. The second-order valence-corrected chi connectivity index (χ2v) is 10.6. The van der Waals surface area contributed by atoms with E-state index < -0.39 is 17.7 Å². The van der Waals surface area contributed by atoms with Crippen LogP contribution < -0.4 is 9.47 Å². The molecule has 6 heteroatoms. The largest absolute Gasteiger partial charge is 0.507 e. The molecule has 1 saturated heterocycles. The van der Waals surface area contributed by atoms with Crippen LogP contribution in [0.1, 0.15) is 83.5 Å². The summed E-state index contributed by atoms with van der Waals surface area (Å²) in [6.07, 6.45) is 2.74. The Labute approximate surface area is 214 Å². The lowest BCUT2D eigenvalue weighted by Gasteiger charge is -2.26. The molecule has 0 spiro atoms. The van der Waals surface area contributed by atoms with Crippen LogP contribution >= 0.6 is 0 Å². The van der Waals surface area contributed by atoms with Gasteiger partial charge in [0.15, 0.2) is 0 Å². The molecule has 1 aliphatic heterocycles. The molecule has 1 heterocycles. The van der Waals surface area contributed by atoms with Crippen molar-refractivity contribution >= 4 is 17.4 Å². The van der Waals surface area contributed by atoms with Gasteiger partial charge in [0.05, 0.1) is 30.4 Å². The van der Waals surface area contributed by atoms with Crippen LogP contribution in [0.5, 0.6) is 11.5 Å². The zero-order chi connectivity index (χ0) is 26.6. The van der Waals surface area contributed by atoms with Crippen LogP contribution in [0.4, 0.5) is 0 Å². The van der Waals surface area contributed by atoms with E-state index in [-0.39, 0.29) is 22.9 Å². The number of hydrogen-bond acceptors (Lipinski definition) is 5. The number of unbranched alkanes of at least 4 members (excludes halogenated alkanes) is 2. The van der Waals surface area contributed by atoms with Crippen LogP contribution in [0.15, 0.2) is 48.0 Å². The zero-order valence-corrected chi connectivity index (χ0v) is 22.6. The topological polar surface area (TPSA) is 76.1 Å². The fourth-order valence-electron chi connectivity index (χ4n) is 4.49. The van der Waals surface area contributed by atoms with E-state index in [4.69, 9.17) is 9.47 Å². The molecule has 36 heavy (non-hydrogen) atoms. The highest BCUT2D eigenvalue weighted by atomic mass is 16.5. The molecule has 0 aliphatic carbocycles. The number of aliphatic hydroxyl groups excluding tert-OH is 1. The van der Waals surface area contributed by atoms with Gasteiger partial charge in [-0.25, -0.2) is 0 Å². The Morgan fingerprint density at radius 1 is 1.06 bits per heavy atom. The molecule has 194 valence electrons. The second kappa shape index (κ2) is 11.2. The van der Waals surface area contributed by atoms with Crippen LogP contribution in [-0.2, 0) is 15.0 Å². The molecule has 1 unspecified atom stereocenters. The van der Waals surface area contributed by atoms with E-state index in [0.717, 1.165) is 30.4 Å². The number of carbonyl (C=O) groups is 2. The van der Waals surface area contributed by atoms with Gasteiger partial charge in [0.2, 0.25) is 0 Å². The Balaban J connectivity index is 2.18. The van der Waals surface area contributed by atoms with Gasteiger partial charge in [0.25, 0.3) is 11.7 Å². The van der Waals surface area contributed by atoms with Crippen molar-refractivity contribution < 1.29 is 24.2 Å². The molecule has 0 saturated carbocycles. The van der Waals surface area contributed by atoms with Crippen molar-refractivity contribution in [2.24, 2.45) is 0 Å². The average molecular weight is 494 g/mol. The minimum Gasteiger partial charge on any atom is -0.507 e. The Morgan fingerprint density at radius 2 is 1.72 bits per heavy atom. The number of likely N-dealkylation sites (tertiary alicyclic amines) is 1. The number of carbonyl (C=O) groups excluding carboxylic acids is 2. The quantitative estimate of drug-likeness (QED) is 0.190. The van der Waals surface area contributed by atoms with Crippen LogP contribution in [-0.4, -0.2) is 41.5 Å². The first-order valence-corrected chi connectivity index (χ1v) is 12.7. The molecule has 1 amide bonds. The maximum atomic E-state index is 13.4. The number of rotatable bonds is 9. The Hall–Kier alpha value is -3.28. The SMILES string of the molecule is CCCCCN1C(=O)C(=O)/C(=C(/O)c2cc(C(C)(C)C)ccc2OC)C1c1ccc(OC(C)C)cc1. The molecule has 6 nitrogen and oxygen atoms in total. The first-order chi connectivity index (χ1) is 17.0. The van der Waals surface area contributed by atoms with E-state index in [1.54, 1.807) is 11.0 Å². The summed E-state index contributed by atoms with van der Waals surface area (Å²) in [7, 11) is 1.52. The van der Waals surface area contributed by atoms with Crippen molar-refractivity contribution in [1.82, 2.24) is 4.90 Å². The van der Waals surface area contributed by atoms with Crippen LogP contribution in [0.2, 0.25) is 0 Å². The smallest absolute Gasteiger partial charge is 0.295 e. The Bertz CT molecular complexity index is 1130. The second-order valence-electron chi connectivity index (χ2n) is 10.6. The highest BCUT2D eigenvalue weighted by Gasteiger charge is 2.46. The predicted molar refractivity (Wildman–Crippen MR) is 142 cm³/mol. The molecule has 0 bridgehead atoms. The highest BCUT2D eigenvalue weighted by Crippen LogP contribution is 2.42. The fraction of sp³-hybridized carbons (Fsp3) is 0.467. The molecule has 1 fully saturated rings. The van der Waals surface area contributed by atoms with Gasteiger partial charge < -0.3 is 19.5 Å². The van der Waals surface area contributed by atoms with Crippen LogP contribution in [0.25, 0.3) is 5.76 Å². The number of hydrogen-bond donors (Lipinski definition) is 1. The summed E-state index contributed by atoms with van der Waals surface area (Å²) in [5.74, 6) is -0.346. The number of ketones is 1. The summed E-state index contributed by atoms with van der Waals surface area (Å²) in [5.41, 5.74) is 2.03. The maximum Gasteiger partial charge on any atom is 0.295 e. The van der Waals surface area contributed by atoms with Gasteiger partial charge in [0, 0.05) is 6.54 Å².